The zero-order chi connectivity index (χ0) is 15.8. The highest BCUT2D eigenvalue weighted by molar-refractivity contribution is 9.10. The number of piperazine rings is 1. The Morgan fingerprint density at radius 2 is 1.86 bits per heavy atom. The Balaban J connectivity index is 2.32. The van der Waals surface area contributed by atoms with Gasteiger partial charge < -0.3 is 10.2 Å². The van der Waals surface area contributed by atoms with E-state index in [4.69, 9.17) is 0 Å². The lowest BCUT2D eigenvalue weighted by Gasteiger charge is -2.36. The quantitative estimate of drug-likeness (QED) is 0.854. The lowest BCUT2D eigenvalue weighted by Crippen LogP contribution is -2.55. The number of nitrogens with one attached hydrogen (secondary N) is 1. The summed E-state index contributed by atoms with van der Waals surface area (Å²) in [6.45, 7) is 5.29. The molecule has 1 heterocycles. The van der Waals surface area contributed by atoms with E-state index in [1.165, 1.54) is 6.07 Å². The van der Waals surface area contributed by atoms with Crippen molar-refractivity contribution in [2.75, 3.05) is 19.3 Å². The summed E-state index contributed by atoms with van der Waals surface area (Å²) < 4.78 is 24.0. The van der Waals surface area contributed by atoms with Crippen LogP contribution in [-0.4, -0.2) is 50.7 Å². The van der Waals surface area contributed by atoms with Gasteiger partial charge >= 0.3 is 0 Å². The van der Waals surface area contributed by atoms with E-state index in [1.807, 2.05) is 13.8 Å². The summed E-state index contributed by atoms with van der Waals surface area (Å²) in [5.41, 5.74) is 0.403. The van der Waals surface area contributed by atoms with E-state index in [1.54, 1.807) is 17.0 Å². The van der Waals surface area contributed by atoms with Gasteiger partial charge in [0.15, 0.2) is 9.84 Å². The number of amides is 1. The number of hydrogen-bond acceptors (Lipinski definition) is 4. The highest BCUT2D eigenvalue weighted by Gasteiger charge is 2.26. The van der Waals surface area contributed by atoms with E-state index in [-0.39, 0.29) is 22.9 Å². The second kappa shape index (κ2) is 6.06. The minimum absolute atomic E-state index is 0.132. The highest BCUT2D eigenvalue weighted by atomic mass is 79.9. The fourth-order valence-corrected chi connectivity index (χ4v) is 4.49. The number of rotatable bonds is 2. The van der Waals surface area contributed by atoms with E-state index < -0.39 is 9.84 Å². The lowest BCUT2D eigenvalue weighted by atomic mass is 10.1. The Bertz CT molecular complexity index is 650. The third-order valence-electron chi connectivity index (χ3n) is 3.42. The maximum atomic E-state index is 12.6. The summed E-state index contributed by atoms with van der Waals surface area (Å²) in [5, 5.41) is 3.36. The monoisotopic (exact) mass is 374 g/mol. The molecular weight excluding hydrogens is 356 g/mol. The van der Waals surface area contributed by atoms with Gasteiger partial charge in [-0.3, -0.25) is 4.79 Å². The molecule has 1 amide bonds. The molecule has 0 saturated carbocycles. The molecule has 5 nitrogen and oxygen atoms in total. The normalized spacial score (nSPS) is 23.1. The van der Waals surface area contributed by atoms with Crippen LogP contribution in [0.15, 0.2) is 27.6 Å². The molecule has 2 rings (SSSR count). The van der Waals surface area contributed by atoms with Gasteiger partial charge in [0.05, 0.1) is 4.90 Å². The number of halogens is 1. The first-order chi connectivity index (χ1) is 9.68. The Morgan fingerprint density at radius 1 is 1.29 bits per heavy atom. The summed E-state index contributed by atoms with van der Waals surface area (Å²) in [6.07, 6.45) is 1.14. The van der Waals surface area contributed by atoms with Crippen LogP contribution in [0.1, 0.15) is 24.2 Å². The minimum Gasteiger partial charge on any atom is -0.336 e. The molecule has 0 bridgehead atoms. The molecular formula is C14H19BrN2O3S. The highest BCUT2D eigenvalue weighted by Crippen LogP contribution is 2.24. The van der Waals surface area contributed by atoms with E-state index in [0.29, 0.717) is 23.1 Å². The summed E-state index contributed by atoms with van der Waals surface area (Å²) in [4.78, 5) is 14.5. The number of carbonyl (C=O) groups excluding carboxylic acids is 1. The molecule has 0 radical (unpaired) electrons. The molecule has 0 spiro atoms. The lowest BCUT2D eigenvalue weighted by molar-refractivity contribution is 0.0673. The van der Waals surface area contributed by atoms with Gasteiger partial charge in [-0.25, -0.2) is 8.42 Å². The van der Waals surface area contributed by atoms with Crippen LogP contribution in [0.25, 0.3) is 0 Å². The second-order valence-electron chi connectivity index (χ2n) is 5.60. The minimum atomic E-state index is -3.37. The maximum Gasteiger partial charge on any atom is 0.254 e. The average molecular weight is 375 g/mol. The topological polar surface area (TPSA) is 66.5 Å². The SMILES string of the molecule is C[C@@H]1CN(C(=O)c2ccc(Br)c(S(C)(=O)=O)c2)C[C@H](C)N1. The first-order valence-electron chi connectivity index (χ1n) is 6.73. The van der Waals surface area contributed by atoms with Crippen molar-refractivity contribution in [1.29, 1.82) is 0 Å². The van der Waals surface area contributed by atoms with Crippen molar-refractivity contribution in [3.63, 3.8) is 0 Å². The van der Waals surface area contributed by atoms with E-state index in [2.05, 4.69) is 21.2 Å². The molecule has 0 unspecified atom stereocenters. The zero-order valence-electron chi connectivity index (χ0n) is 12.3. The number of sulfone groups is 1. The van der Waals surface area contributed by atoms with Crippen molar-refractivity contribution < 1.29 is 13.2 Å². The molecule has 2 atom stereocenters. The Morgan fingerprint density at radius 3 is 2.38 bits per heavy atom. The van der Waals surface area contributed by atoms with Gasteiger partial charge in [0, 0.05) is 41.5 Å². The fraction of sp³-hybridized carbons (Fsp3) is 0.500. The number of hydrogen-bond donors (Lipinski definition) is 1. The maximum absolute atomic E-state index is 12.6. The number of carbonyl (C=O) groups is 1. The third-order valence-corrected chi connectivity index (χ3v) is 5.51. The standard InChI is InChI=1S/C14H19BrN2O3S/c1-9-7-17(8-10(2)16-9)14(18)11-4-5-12(15)13(6-11)21(3,19)20/h4-6,9-10,16H,7-8H2,1-3H3/t9-,10+. The van der Waals surface area contributed by atoms with Crippen molar-refractivity contribution >= 4 is 31.7 Å². The van der Waals surface area contributed by atoms with Crippen molar-refractivity contribution in [2.24, 2.45) is 0 Å². The van der Waals surface area contributed by atoms with Gasteiger partial charge in [-0.15, -0.1) is 0 Å². The van der Waals surface area contributed by atoms with E-state index >= 15 is 0 Å². The third kappa shape index (κ3) is 3.84. The number of nitrogens with zero attached hydrogens (tertiary/aromatic N) is 1. The zero-order valence-corrected chi connectivity index (χ0v) is 14.7. The molecule has 1 aromatic rings. The Labute approximate surface area is 133 Å². The molecule has 1 aliphatic rings. The Kier molecular flexibility index (Phi) is 4.75. The first kappa shape index (κ1) is 16.5. The summed E-state index contributed by atoms with van der Waals surface area (Å²) in [7, 11) is -3.37. The summed E-state index contributed by atoms with van der Waals surface area (Å²) in [5.74, 6) is -0.132. The van der Waals surface area contributed by atoms with E-state index in [0.717, 1.165) is 6.26 Å². The van der Waals surface area contributed by atoms with Gasteiger partial charge in [-0.1, -0.05) is 0 Å². The first-order valence-corrected chi connectivity index (χ1v) is 9.42. The van der Waals surface area contributed by atoms with Gasteiger partial charge in [0.2, 0.25) is 0 Å². The van der Waals surface area contributed by atoms with Crippen LogP contribution in [0, 0.1) is 0 Å². The summed E-state index contributed by atoms with van der Waals surface area (Å²) >= 11 is 3.22. The van der Waals surface area contributed by atoms with Crippen LogP contribution in [0.2, 0.25) is 0 Å². The van der Waals surface area contributed by atoms with Crippen molar-refractivity contribution in [1.82, 2.24) is 10.2 Å². The Hall–Kier alpha value is -0.920. The molecule has 0 aliphatic carbocycles. The molecule has 21 heavy (non-hydrogen) atoms. The van der Waals surface area contributed by atoms with Gasteiger partial charge in [0.1, 0.15) is 0 Å². The predicted octanol–water partition coefficient (Wildman–Crippen LogP) is 1.68. The summed E-state index contributed by atoms with van der Waals surface area (Å²) in [6, 6.07) is 5.15. The molecule has 1 aliphatic heterocycles. The van der Waals surface area contributed by atoms with Gasteiger partial charge in [0.25, 0.3) is 5.91 Å². The van der Waals surface area contributed by atoms with Crippen LogP contribution in [0.5, 0.6) is 0 Å². The van der Waals surface area contributed by atoms with Crippen LogP contribution < -0.4 is 5.32 Å². The van der Waals surface area contributed by atoms with Crippen LogP contribution in [-0.2, 0) is 9.84 Å². The smallest absolute Gasteiger partial charge is 0.254 e. The van der Waals surface area contributed by atoms with Gasteiger partial charge in [-0.2, -0.15) is 0 Å². The fourth-order valence-electron chi connectivity index (χ4n) is 2.60. The van der Waals surface area contributed by atoms with Crippen molar-refractivity contribution in [3.05, 3.63) is 28.2 Å². The molecule has 7 heteroatoms. The molecule has 1 aromatic carbocycles. The molecule has 0 aromatic heterocycles. The average Bonchev–Trinajstić information content (AvgIpc) is 2.36. The molecule has 1 N–H and O–H groups in total. The molecule has 116 valence electrons. The van der Waals surface area contributed by atoms with E-state index in [9.17, 15) is 13.2 Å². The largest absolute Gasteiger partial charge is 0.336 e. The molecule has 1 saturated heterocycles. The van der Waals surface area contributed by atoms with Crippen LogP contribution in [0.3, 0.4) is 0 Å². The van der Waals surface area contributed by atoms with Crippen LogP contribution >= 0.6 is 15.9 Å². The second-order valence-corrected chi connectivity index (χ2v) is 8.43. The van der Waals surface area contributed by atoms with Crippen molar-refractivity contribution in [2.45, 2.75) is 30.8 Å². The van der Waals surface area contributed by atoms with Crippen molar-refractivity contribution in [3.8, 4) is 0 Å². The number of benzene rings is 1. The molecule has 1 fully saturated rings. The predicted molar refractivity (Wildman–Crippen MR) is 85.2 cm³/mol. The van der Waals surface area contributed by atoms with Crippen LogP contribution in [0.4, 0.5) is 0 Å². The van der Waals surface area contributed by atoms with Gasteiger partial charge in [-0.05, 0) is 48.0 Å².